The Kier molecular flexibility index (Phi) is 3.77. The highest BCUT2D eigenvalue weighted by molar-refractivity contribution is 5.83. The summed E-state index contributed by atoms with van der Waals surface area (Å²) in [5.41, 5.74) is -0.149. The first-order valence-electron chi connectivity index (χ1n) is 6.79. The number of hydrogen-bond acceptors (Lipinski definition) is 3. The maximum atomic E-state index is 11.9. The van der Waals surface area contributed by atoms with E-state index >= 15 is 0 Å². The number of hydrogen-bond donors (Lipinski definition) is 2. The number of H-pyrrole nitrogens is 1. The summed E-state index contributed by atoms with van der Waals surface area (Å²) in [4.78, 5) is 26.5. The van der Waals surface area contributed by atoms with Crippen LogP contribution in [0.25, 0.3) is 10.9 Å². The second-order valence-electron chi connectivity index (χ2n) is 6.23. The summed E-state index contributed by atoms with van der Waals surface area (Å²) in [5.74, 6) is 0. The van der Waals surface area contributed by atoms with Crippen LogP contribution in [0.5, 0.6) is 0 Å². The molecule has 0 radical (unpaired) electrons. The maximum Gasteiger partial charge on any atom is 0.408 e. The Morgan fingerprint density at radius 1 is 1.24 bits per heavy atom. The Morgan fingerprint density at radius 3 is 2.57 bits per heavy atom. The summed E-state index contributed by atoms with van der Waals surface area (Å²) in [6, 6.07) is 7.52. The van der Waals surface area contributed by atoms with Crippen LogP contribution in [0.3, 0.4) is 0 Å². The van der Waals surface area contributed by atoms with Crippen molar-refractivity contribution in [2.24, 2.45) is 0 Å². The van der Waals surface area contributed by atoms with Crippen LogP contribution in [0.2, 0.25) is 0 Å². The summed E-state index contributed by atoms with van der Waals surface area (Å²) in [5, 5.41) is 3.68. The zero-order valence-corrected chi connectivity index (χ0v) is 12.7. The predicted octanol–water partition coefficient (Wildman–Crippen LogP) is 3.11. The zero-order valence-electron chi connectivity index (χ0n) is 12.7. The highest BCUT2D eigenvalue weighted by atomic mass is 16.6. The summed E-state index contributed by atoms with van der Waals surface area (Å²) in [6.07, 6.45) is 1.92. The maximum absolute atomic E-state index is 11.9. The average Bonchev–Trinajstić information content (AvgIpc) is 2.83. The molecule has 1 aromatic carbocycles. The van der Waals surface area contributed by atoms with E-state index in [2.05, 4.69) is 10.3 Å². The molecule has 0 saturated carbocycles. The van der Waals surface area contributed by atoms with Crippen molar-refractivity contribution < 1.29 is 14.3 Å². The Balaban J connectivity index is 2.27. The molecule has 1 aromatic heterocycles. The Hall–Kier alpha value is -2.30. The van der Waals surface area contributed by atoms with Crippen molar-refractivity contribution in [3.8, 4) is 0 Å². The lowest BCUT2D eigenvalue weighted by atomic mass is 9.93. The van der Waals surface area contributed by atoms with Crippen LogP contribution < -0.4 is 5.32 Å². The zero-order chi connectivity index (χ0) is 15.7. The molecule has 5 nitrogen and oxygen atoms in total. The molecule has 1 heterocycles. The molecule has 2 aromatic rings. The van der Waals surface area contributed by atoms with Crippen molar-refractivity contribution in [2.75, 3.05) is 0 Å². The fourth-order valence-electron chi connectivity index (χ4n) is 2.06. The lowest BCUT2D eigenvalue weighted by Gasteiger charge is -2.28. The average molecular weight is 288 g/mol. The number of aldehydes is 1. The van der Waals surface area contributed by atoms with Crippen LogP contribution in [0.4, 0.5) is 4.79 Å². The van der Waals surface area contributed by atoms with Gasteiger partial charge in [0.1, 0.15) is 17.4 Å². The monoisotopic (exact) mass is 288 g/mol. The van der Waals surface area contributed by atoms with Crippen molar-refractivity contribution in [1.82, 2.24) is 10.3 Å². The lowest BCUT2D eigenvalue weighted by Crippen LogP contribution is -2.46. The van der Waals surface area contributed by atoms with Crippen LogP contribution in [-0.2, 0) is 15.1 Å². The molecule has 0 saturated heterocycles. The van der Waals surface area contributed by atoms with E-state index in [9.17, 15) is 9.59 Å². The summed E-state index contributed by atoms with van der Waals surface area (Å²) in [6.45, 7) is 6.97. The van der Waals surface area contributed by atoms with Crippen LogP contribution in [0, 0.1) is 0 Å². The van der Waals surface area contributed by atoms with Gasteiger partial charge in [-0.1, -0.05) is 12.1 Å². The third-order valence-electron chi connectivity index (χ3n) is 3.15. The fourth-order valence-corrected chi connectivity index (χ4v) is 2.06. The van der Waals surface area contributed by atoms with Crippen molar-refractivity contribution in [2.45, 2.75) is 38.8 Å². The number of aromatic amines is 1. The molecule has 0 bridgehead atoms. The van der Waals surface area contributed by atoms with Gasteiger partial charge in [0.25, 0.3) is 0 Å². The van der Waals surface area contributed by atoms with Gasteiger partial charge in [-0.2, -0.15) is 0 Å². The fraction of sp³-hybridized carbons (Fsp3) is 0.375. The van der Waals surface area contributed by atoms with E-state index in [0.717, 1.165) is 10.9 Å². The first-order chi connectivity index (χ1) is 9.73. The van der Waals surface area contributed by atoms with E-state index in [-0.39, 0.29) is 0 Å². The highest BCUT2D eigenvalue weighted by Gasteiger charge is 2.30. The van der Waals surface area contributed by atoms with Crippen LogP contribution in [0.15, 0.2) is 30.5 Å². The van der Waals surface area contributed by atoms with Crippen molar-refractivity contribution in [3.05, 3.63) is 36.0 Å². The molecular formula is C16H20N2O3. The molecular weight excluding hydrogens is 268 g/mol. The number of nitrogens with one attached hydrogen (secondary N) is 2. The number of fused-ring (bicyclic) bond motifs is 1. The van der Waals surface area contributed by atoms with Gasteiger partial charge >= 0.3 is 6.09 Å². The van der Waals surface area contributed by atoms with Crippen LogP contribution >= 0.6 is 0 Å². The Bertz CT molecular complexity index is 669. The van der Waals surface area contributed by atoms with Crippen LogP contribution in [-0.4, -0.2) is 23.0 Å². The van der Waals surface area contributed by atoms with E-state index in [1.807, 2.05) is 30.5 Å². The summed E-state index contributed by atoms with van der Waals surface area (Å²) in [7, 11) is 0. The van der Waals surface area contributed by atoms with Gasteiger partial charge in [0.15, 0.2) is 0 Å². The molecule has 2 rings (SSSR count). The minimum atomic E-state index is -1.14. The second kappa shape index (κ2) is 5.24. The molecule has 5 heteroatoms. The van der Waals surface area contributed by atoms with Gasteiger partial charge in [0.05, 0.1) is 0 Å². The Morgan fingerprint density at radius 2 is 1.95 bits per heavy atom. The van der Waals surface area contributed by atoms with Crippen molar-refractivity contribution >= 4 is 23.3 Å². The molecule has 0 spiro atoms. The first-order valence-corrected chi connectivity index (χ1v) is 6.79. The standard InChI is InChI=1S/C16H20N2O3/c1-15(2,3)21-14(20)18-16(4,10-19)12-6-5-11-7-8-17-13(11)9-12/h5-10,17H,1-4H3,(H,18,20). The quantitative estimate of drug-likeness (QED) is 0.852. The van der Waals surface area contributed by atoms with Gasteiger partial charge in [0.2, 0.25) is 0 Å². The van der Waals surface area contributed by atoms with Gasteiger partial charge < -0.3 is 19.8 Å². The van der Waals surface area contributed by atoms with Gasteiger partial charge in [-0.05, 0) is 50.8 Å². The number of carbonyl (C=O) groups is 2. The van der Waals surface area contributed by atoms with Crippen molar-refractivity contribution in [1.29, 1.82) is 0 Å². The van der Waals surface area contributed by atoms with Crippen LogP contribution in [0.1, 0.15) is 33.3 Å². The molecule has 1 atom stereocenters. The normalized spacial score (nSPS) is 14.5. The largest absolute Gasteiger partial charge is 0.444 e. The Labute approximate surface area is 123 Å². The molecule has 1 amide bonds. The minimum Gasteiger partial charge on any atom is -0.444 e. The molecule has 0 aliphatic heterocycles. The molecule has 1 unspecified atom stereocenters. The highest BCUT2D eigenvalue weighted by Crippen LogP contribution is 2.23. The lowest BCUT2D eigenvalue weighted by molar-refractivity contribution is -0.113. The second-order valence-corrected chi connectivity index (χ2v) is 6.23. The van der Waals surface area contributed by atoms with E-state index < -0.39 is 17.2 Å². The number of alkyl carbamates (subject to hydrolysis) is 1. The van der Waals surface area contributed by atoms with E-state index in [1.54, 1.807) is 27.7 Å². The summed E-state index contributed by atoms with van der Waals surface area (Å²) < 4.78 is 5.21. The topological polar surface area (TPSA) is 71.2 Å². The van der Waals surface area contributed by atoms with Gasteiger partial charge in [0, 0.05) is 11.7 Å². The summed E-state index contributed by atoms with van der Waals surface area (Å²) >= 11 is 0. The molecule has 2 N–H and O–H groups in total. The first kappa shape index (κ1) is 15.1. The molecule has 112 valence electrons. The molecule has 0 aliphatic carbocycles. The number of aromatic nitrogens is 1. The van der Waals surface area contributed by atoms with E-state index in [4.69, 9.17) is 4.74 Å². The van der Waals surface area contributed by atoms with E-state index in [0.29, 0.717) is 11.8 Å². The number of rotatable bonds is 3. The smallest absolute Gasteiger partial charge is 0.408 e. The molecule has 21 heavy (non-hydrogen) atoms. The number of carbonyl (C=O) groups excluding carboxylic acids is 2. The third kappa shape index (κ3) is 3.42. The number of ether oxygens (including phenoxy) is 1. The SMILES string of the molecule is CC(C)(C)OC(=O)NC(C)(C=O)c1ccc2cc[nH]c2c1. The molecule has 0 fully saturated rings. The van der Waals surface area contributed by atoms with Gasteiger partial charge in [-0.25, -0.2) is 4.79 Å². The molecule has 0 aliphatic rings. The van der Waals surface area contributed by atoms with E-state index in [1.165, 1.54) is 0 Å². The van der Waals surface area contributed by atoms with Gasteiger partial charge in [-0.3, -0.25) is 0 Å². The van der Waals surface area contributed by atoms with Crippen molar-refractivity contribution in [3.63, 3.8) is 0 Å². The predicted molar refractivity (Wildman–Crippen MR) is 81.1 cm³/mol. The number of amides is 1. The third-order valence-corrected chi connectivity index (χ3v) is 3.15. The van der Waals surface area contributed by atoms with Gasteiger partial charge in [-0.15, -0.1) is 0 Å². The minimum absolute atomic E-state index is 0.614. The number of benzene rings is 1.